The Kier molecular flexibility index (Phi) is 7.10. The Morgan fingerprint density at radius 2 is 1.79 bits per heavy atom. The first-order valence-electron chi connectivity index (χ1n) is 6.29. The first kappa shape index (κ1) is 18.5. The minimum atomic E-state index is -1.84. The number of hydrogen-bond acceptors (Lipinski definition) is 4. The Morgan fingerprint density at radius 1 is 1.26 bits per heavy atom. The molecule has 0 aromatic heterocycles. The summed E-state index contributed by atoms with van der Waals surface area (Å²) in [5.41, 5.74) is 4.70. The highest BCUT2D eigenvalue weighted by molar-refractivity contribution is 8.12. The maximum atomic E-state index is 11.7. The standard InChI is InChI=1S/C12H26N2O3SSi/c1-9(10(15)13-14-11(16)18-5)8-17-19(6,7)12(2,3)4/h9H,8H2,1-7H3,(H,13,15)(H,14,16)/t9-/m1/s1. The van der Waals surface area contributed by atoms with Gasteiger partial charge < -0.3 is 4.43 Å². The average molecular weight is 307 g/mol. The molecule has 0 aliphatic rings. The van der Waals surface area contributed by atoms with Crippen LogP contribution >= 0.6 is 11.8 Å². The molecule has 0 spiro atoms. The fraction of sp³-hybridized carbons (Fsp3) is 0.833. The van der Waals surface area contributed by atoms with Crippen molar-refractivity contribution >= 4 is 31.2 Å². The zero-order chi connectivity index (χ0) is 15.3. The lowest BCUT2D eigenvalue weighted by Crippen LogP contribution is -2.46. The third-order valence-corrected chi connectivity index (χ3v) is 8.39. The quantitative estimate of drug-likeness (QED) is 0.619. The van der Waals surface area contributed by atoms with Gasteiger partial charge in [0.2, 0.25) is 5.91 Å². The molecule has 0 saturated heterocycles. The van der Waals surface area contributed by atoms with Crippen molar-refractivity contribution in [3.8, 4) is 0 Å². The van der Waals surface area contributed by atoms with Gasteiger partial charge in [-0.2, -0.15) is 0 Å². The van der Waals surface area contributed by atoms with E-state index in [1.807, 2.05) is 0 Å². The van der Waals surface area contributed by atoms with Crippen LogP contribution in [0.2, 0.25) is 18.1 Å². The summed E-state index contributed by atoms with van der Waals surface area (Å²) in [5, 5.41) is -0.165. The smallest absolute Gasteiger partial charge is 0.297 e. The van der Waals surface area contributed by atoms with Crippen molar-refractivity contribution in [2.75, 3.05) is 12.9 Å². The first-order valence-corrected chi connectivity index (χ1v) is 10.4. The fourth-order valence-corrected chi connectivity index (χ4v) is 2.17. The Hall–Kier alpha value is -0.533. The van der Waals surface area contributed by atoms with Gasteiger partial charge in [0.1, 0.15) is 0 Å². The highest BCUT2D eigenvalue weighted by atomic mass is 32.2. The lowest BCUT2D eigenvalue weighted by atomic mass is 10.2. The number of hydrazine groups is 1. The van der Waals surface area contributed by atoms with E-state index in [1.54, 1.807) is 13.2 Å². The lowest BCUT2D eigenvalue weighted by Gasteiger charge is -2.36. The van der Waals surface area contributed by atoms with Crippen LogP contribution < -0.4 is 10.9 Å². The predicted molar refractivity (Wildman–Crippen MR) is 82.5 cm³/mol. The molecule has 0 saturated carbocycles. The molecule has 1 atom stereocenters. The Labute approximate surface area is 121 Å². The van der Waals surface area contributed by atoms with Crippen molar-refractivity contribution in [1.82, 2.24) is 10.9 Å². The largest absolute Gasteiger partial charge is 0.416 e. The van der Waals surface area contributed by atoms with Gasteiger partial charge >= 0.3 is 0 Å². The number of amides is 2. The molecule has 0 bridgehead atoms. The molecule has 112 valence electrons. The van der Waals surface area contributed by atoms with E-state index in [0.717, 1.165) is 11.8 Å². The van der Waals surface area contributed by atoms with Crippen LogP contribution in [0.5, 0.6) is 0 Å². The highest BCUT2D eigenvalue weighted by Crippen LogP contribution is 2.36. The maximum absolute atomic E-state index is 11.7. The molecule has 0 unspecified atom stereocenters. The van der Waals surface area contributed by atoms with Crippen LogP contribution in [0.3, 0.4) is 0 Å². The van der Waals surface area contributed by atoms with Crippen molar-refractivity contribution in [2.45, 2.75) is 45.8 Å². The van der Waals surface area contributed by atoms with Crippen molar-refractivity contribution in [1.29, 1.82) is 0 Å². The van der Waals surface area contributed by atoms with Gasteiger partial charge in [-0.1, -0.05) is 39.5 Å². The van der Waals surface area contributed by atoms with E-state index in [9.17, 15) is 9.59 Å². The predicted octanol–water partition coefficient (Wildman–Crippen LogP) is 2.75. The molecule has 0 rings (SSSR count). The number of thioether (sulfide) groups is 1. The monoisotopic (exact) mass is 306 g/mol. The van der Waals surface area contributed by atoms with Gasteiger partial charge in [0.25, 0.3) is 5.24 Å². The van der Waals surface area contributed by atoms with Gasteiger partial charge in [-0.25, -0.2) is 0 Å². The van der Waals surface area contributed by atoms with Crippen LogP contribution in [-0.4, -0.2) is 32.3 Å². The number of carbonyl (C=O) groups excluding carboxylic acids is 2. The molecule has 5 nitrogen and oxygen atoms in total. The number of carbonyl (C=O) groups is 2. The molecule has 0 radical (unpaired) electrons. The van der Waals surface area contributed by atoms with Gasteiger partial charge in [0, 0.05) is 6.61 Å². The zero-order valence-electron chi connectivity index (χ0n) is 12.9. The van der Waals surface area contributed by atoms with Gasteiger partial charge in [0.15, 0.2) is 8.32 Å². The molecule has 0 heterocycles. The molecule has 0 fully saturated rings. The average Bonchev–Trinajstić information content (AvgIpc) is 2.30. The van der Waals surface area contributed by atoms with Crippen molar-refractivity contribution in [3.63, 3.8) is 0 Å². The van der Waals surface area contributed by atoms with Crippen LogP contribution in [0.1, 0.15) is 27.7 Å². The van der Waals surface area contributed by atoms with Gasteiger partial charge in [0.05, 0.1) is 5.92 Å². The molecule has 0 aromatic carbocycles. The van der Waals surface area contributed by atoms with Crippen molar-refractivity contribution in [2.24, 2.45) is 5.92 Å². The summed E-state index contributed by atoms with van der Waals surface area (Å²) in [6.07, 6.45) is 1.64. The third kappa shape index (κ3) is 6.44. The van der Waals surface area contributed by atoms with Gasteiger partial charge in [-0.15, -0.1) is 0 Å². The summed E-state index contributed by atoms with van der Waals surface area (Å²) in [5.74, 6) is -0.530. The van der Waals surface area contributed by atoms with E-state index in [0.29, 0.717) is 6.61 Å². The Bertz CT molecular complexity index is 329. The van der Waals surface area contributed by atoms with E-state index < -0.39 is 8.32 Å². The summed E-state index contributed by atoms with van der Waals surface area (Å²) in [6.45, 7) is 12.9. The molecule has 19 heavy (non-hydrogen) atoms. The summed E-state index contributed by atoms with van der Waals surface area (Å²) in [4.78, 5) is 22.7. The molecule has 2 N–H and O–H groups in total. The Morgan fingerprint density at radius 3 is 2.21 bits per heavy atom. The second kappa shape index (κ2) is 7.30. The molecule has 7 heteroatoms. The molecule has 0 aliphatic carbocycles. The number of nitrogens with one attached hydrogen (secondary N) is 2. The van der Waals surface area contributed by atoms with Crippen molar-refractivity contribution in [3.05, 3.63) is 0 Å². The molecule has 2 amide bonds. The van der Waals surface area contributed by atoms with Gasteiger partial charge in [-0.3, -0.25) is 20.4 Å². The first-order chi connectivity index (χ1) is 8.51. The van der Waals surface area contributed by atoms with Crippen molar-refractivity contribution < 1.29 is 14.0 Å². The van der Waals surface area contributed by atoms with E-state index in [1.165, 1.54) is 0 Å². The normalized spacial score (nSPS) is 13.8. The summed E-state index contributed by atoms with van der Waals surface area (Å²) >= 11 is 1.01. The summed E-state index contributed by atoms with van der Waals surface area (Å²) < 4.78 is 5.97. The fourth-order valence-electron chi connectivity index (χ4n) is 0.912. The topological polar surface area (TPSA) is 67.4 Å². The molecular formula is C12H26N2O3SSi. The number of rotatable bonds is 4. The molecule has 0 aliphatic heterocycles. The molecule has 0 aromatic rings. The Balaban J connectivity index is 4.21. The number of hydrogen-bond donors (Lipinski definition) is 2. The van der Waals surface area contributed by atoms with E-state index in [-0.39, 0.29) is 22.1 Å². The minimum Gasteiger partial charge on any atom is -0.416 e. The van der Waals surface area contributed by atoms with E-state index >= 15 is 0 Å². The minimum absolute atomic E-state index is 0.121. The second-order valence-corrected chi connectivity index (χ2v) is 11.7. The van der Waals surface area contributed by atoms with E-state index in [2.05, 4.69) is 44.7 Å². The van der Waals surface area contributed by atoms with Crippen LogP contribution in [0.25, 0.3) is 0 Å². The van der Waals surface area contributed by atoms with Crippen LogP contribution in [0, 0.1) is 5.92 Å². The summed E-state index contributed by atoms with van der Waals surface area (Å²) in [7, 11) is -1.84. The maximum Gasteiger partial charge on any atom is 0.297 e. The van der Waals surface area contributed by atoms with E-state index in [4.69, 9.17) is 4.43 Å². The second-order valence-electron chi connectivity index (χ2n) is 6.08. The lowest BCUT2D eigenvalue weighted by molar-refractivity contribution is -0.126. The summed E-state index contributed by atoms with van der Waals surface area (Å²) in [6, 6.07) is 0. The molecular weight excluding hydrogens is 280 g/mol. The van der Waals surface area contributed by atoms with Gasteiger partial charge in [-0.05, 0) is 24.4 Å². The third-order valence-electron chi connectivity index (χ3n) is 3.42. The highest BCUT2D eigenvalue weighted by Gasteiger charge is 2.37. The van der Waals surface area contributed by atoms with Crippen LogP contribution in [0.4, 0.5) is 4.79 Å². The SMILES string of the molecule is CSC(=O)NNC(=O)[C@H](C)CO[Si](C)(C)C(C)(C)C. The van der Waals surface area contributed by atoms with Crippen LogP contribution in [-0.2, 0) is 9.22 Å². The van der Waals surface area contributed by atoms with Crippen LogP contribution in [0.15, 0.2) is 0 Å². The zero-order valence-corrected chi connectivity index (χ0v) is 14.7.